The lowest BCUT2D eigenvalue weighted by atomic mass is 10.0. The molecule has 2 aliphatic heterocycles. The Morgan fingerprint density at radius 2 is 2.19 bits per heavy atom. The summed E-state index contributed by atoms with van der Waals surface area (Å²) in [4.78, 5) is 40.8. The van der Waals surface area contributed by atoms with E-state index in [9.17, 15) is 18.9 Å². The minimum atomic E-state index is -1.33. The standard InChI is InChI=1S/C16H17N5O4S/c17-20-18-7-2-8-26(25)13-4-1-3-10-11(13)9-21(16(10)24)12-5-6-14(22)19-15(12)23/h1,3-4,12H,2,5-9H2,(H,19,22,23). The summed E-state index contributed by atoms with van der Waals surface area (Å²) < 4.78 is 12.6. The molecule has 0 aromatic heterocycles. The van der Waals surface area contributed by atoms with E-state index in [-0.39, 0.29) is 37.7 Å². The molecule has 2 atom stereocenters. The van der Waals surface area contributed by atoms with E-state index in [0.717, 1.165) is 0 Å². The fourth-order valence-electron chi connectivity index (χ4n) is 3.19. The number of piperidine rings is 1. The number of carbonyl (C=O) groups is 3. The highest BCUT2D eigenvalue weighted by molar-refractivity contribution is 7.91. The second-order valence-corrected chi connectivity index (χ2v) is 7.58. The number of rotatable bonds is 6. The van der Waals surface area contributed by atoms with Gasteiger partial charge in [0.15, 0.2) is 4.90 Å². The van der Waals surface area contributed by atoms with Crippen molar-refractivity contribution in [3.63, 3.8) is 0 Å². The minimum absolute atomic E-state index is 0.189. The Morgan fingerprint density at radius 1 is 1.38 bits per heavy atom. The fraction of sp³-hybridized carbons (Fsp3) is 0.438. The number of nitrogens with one attached hydrogen (secondary N) is 1. The molecule has 0 radical (unpaired) electrons. The molecule has 0 spiro atoms. The molecular formula is C16H17N5O4S. The molecule has 2 unspecified atom stereocenters. The Hall–Kier alpha value is -2.55. The van der Waals surface area contributed by atoms with E-state index in [0.29, 0.717) is 28.2 Å². The fourth-order valence-corrected chi connectivity index (χ4v) is 4.48. The van der Waals surface area contributed by atoms with Gasteiger partial charge in [-0.15, -0.1) is 0 Å². The highest BCUT2D eigenvalue weighted by Crippen LogP contribution is 2.32. The molecule has 0 saturated carbocycles. The molecule has 1 aromatic rings. The molecule has 1 saturated heterocycles. The Kier molecular flexibility index (Phi) is 5.46. The third-order valence-electron chi connectivity index (χ3n) is 4.44. The van der Waals surface area contributed by atoms with Crippen LogP contribution in [0.4, 0.5) is 0 Å². The van der Waals surface area contributed by atoms with E-state index in [4.69, 9.17) is 5.53 Å². The van der Waals surface area contributed by atoms with Crippen LogP contribution < -0.4 is 5.32 Å². The van der Waals surface area contributed by atoms with Gasteiger partial charge in [-0.05, 0) is 41.7 Å². The highest BCUT2D eigenvalue weighted by Gasteiger charge is 2.41. The maximum Gasteiger partial charge on any atom is 0.255 e. The van der Waals surface area contributed by atoms with Gasteiger partial charge in [-0.25, -0.2) is 0 Å². The van der Waals surface area contributed by atoms with Crippen LogP contribution in [0.25, 0.3) is 10.4 Å². The van der Waals surface area contributed by atoms with Crippen LogP contribution in [0.2, 0.25) is 0 Å². The SMILES string of the molecule is [N-]=[N+]=NCCC[S+]([O-])c1cccc2c1CN(C1CCC(=O)NC1=O)C2=O. The summed E-state index contributed by atoms with van der Waals surface area (Å²) in [5, 5.41) is 5.68. The van der Waals surface area contributed by atoms with E-state index in [2.05, 4.69) is 15.3 Å². The van der Waals surface area contributed by atoms with Crippen molar-refractivity contribution < 1.29 is 18.9 Å². The quantitative estimate of drug-likeness (QED) is 0.200. The number of hydrogen-bond donors (Lipinski definition) is 1. The van der Waals surface area contributed by atoms with Gasteiger partial charge in [0, 0.05) is 29.0 Å². The van der Waals surface area contributed by atoms with Gasteiger partial charge < -0.3 is 9.45 Å². The molecule has 0 bridgehead atoms. The van der Waals surface area contributed by atoms with Crippen molar-refractivity contribution in [1.82, 2.24) is 10.2 Å². The van der Waals surface area contributed by atoms with E-state index < -0.39 is 23.1 Å². The number of benzene rings is 1. The van der Waals surface area contributed by atoms with Crippen LogP contribution in [-0.2, 0) is 27.3 Å². The summed E-state index contributed by atoms with van der Waals surface area (Å²) in [6.45, 7) is 0.456. The second-order valence-electron chi connectivity index (χ2n) is 6.04. The third-order valence-corrected chi connectivity index (χ3v) is 5.97. The molecule has 10 heteroatoms. The first kappa shape index (κ1) is 18.2. The number of azide groups is 1. The van der Waals surface area contributed by atoms with Crippen LogP contribution in [0.1, 0.15) is 35.2 Å². The number of imide groups is 1. The number of amides is 3. The van der Waals surface area contributed by atoms with Crippen molar-refractivity contribution in [2.75, 3.05) is 12.3 Å². The Balaban J connectivity index is 1.78. The molecule has 26 heavy (non-hydrogen) atoms. The first-order valence-corrected chi connectivity index (χ1v) is 9.50. The lowest BCUT2D eigenvalue weighted by Crippen LogP contribution is -2.52. The second kappa shape index (κ2) is 7.77. The van der Waals surface area contributed by atoms with Gasteiger partial charge in [0.05, 0.1) is 6.54 Å². The summed E-state index contributed by atoms with van der Waals surface area (Å²) in [6, 6.07) is 4.35. The van der Waals surface area contributed by atoms with Crippen molar-refractivity contribution in [1.29, 1.82) is 0 Å². The Labute approximate surface area is 152 Å². The first-order chi connectivity index (χ1) is 12.5. The monoisotopic (exact) mass is 375 g/mol. The van der Waals surface area contributed by atoms with Crippen LogP contribution in [0.3, 0.4) is 0 Å². The largest absolute Gasteiger partial charge is 0.611 e. The van der Waals surface area contributed by atoms with Crippen LogP contribution in [0, 0.1) is 0 Å². The van der Waals surface area contributed by atoms with Gasteiger partial charge in [0.25, 0.3) is 5.91 Å². The molecule has 9 nitrogen and oxygen atoms in total. The van der Waals surface area contributed by atoms with Gasteiger partial charge in [-0.1, -0.05) is 11.2 Å². The van der Waals surface area contributed by atoms with Crippen LogP contribution >= 0.6 is 0 Å². The van der Waals surface area contributed by atoms with E-state index in [1.807, 2.05) is 0 Å². The molecule has 136 valence electrons. The highest BCUT2D eigenvalue weighted by atomic mass is 32.2. The zero-order valence-electron chi connectivity index (χ0n) is 13.9. The molecule has 0 aliphatic carbocycles. The average Bonchev–Trinajstić information content (AvgIpc) is 2.95. The summed E-state index contributed by atoms with van der Waals surface area (Å²) in [5.41, 5.74) is 9.38. The van der Waals surface area contributed by atoms with Gasteiger partial charge in [-0.2, -0.15) is 0 Å². The van der Waals surface area contributed by atoms with Crippen LogP contribution in [0.5, 0.6) is 0 Å². The predicted molar refractivity (Wildman–Crippen MR) is 92.4 cm³/mol. The van der Waals surface area contributed by atoms with Gasteiger partial charge in [-0.3, -0.25) is 19.7 Å². The zero-order valence-corrected chi connectivity index (χ0v) is 14.7. The number of carbonyl (C=O) groups excluding carboxylic acids is 3. The number of nitrogens with zero attached hydrogens (tertiary/aromatic N) is 4. The lowest BCUT2D eigenvalue weighted by molar-refractivity contribution is -0.136. The molecule has 3 amide bonds. The molecular weight excluding hydrogens is 358 g/mol. The van der Waals surface area contributed by atoms with Crippen molar-refractivity contribution >= 4 is 28.9 Å². The topological polar surface area (TPSA) is 138 Å². The molecule has 1 aromatic carbocycles. The van der Waals surface area contributed by atoms with Gasteiger partial charge in [0.1, 0.15) is 11.8 Å². The third kappa shape index (κ3) is 3.52. The van der Waals surface area contributed by atoms with E-state index >= 15 is 0 Å². The molecule has 1 N–H and O–H groups in total. The molecule has 2 heterocycles. The van der Waals surface area contributed by atoms with Gasteiger partial charge in [0.2, 0.25) is 11.8 Å². The van der Waals surface area contributed by atoms with Crippen molar-refractivity contribution in [3.05, 3.63) is 39.8 Å². The van der Waals surface area contributed by atoms with Crippen LogP contribution in [0.15, 0.2) is 28.2 Å². The predicted octanol–water partition coefficient (Wildman–Crippen LogP) is 1.26. The maximum atomic E-state index is 12.7. The van der Waals surface area contributed by atoms with E-state index in [1.165, 1.54) is 4.90 Å². The lowest BCUT2D eigenvalue weighted by Gasteiger charge is -2.29. The Bertz CT molecular complexity index is 808. The number of fused-ring (bicyclic) bond motifs is 1. The van der Waals surface area contributed by atoms with Crippen molar-refractivity contribution in [3.8, 4) is 0 Å². The summed E-state index contributed by atoms with van der Waals surface area (Å²) in [6.07, 6.45) is 0.953. The summed E-state index contributed by atoms with van der Waals surface area (Å²) in [7, 11) is 0. The minimum Gasteiger partial charge on any atom is -0.611 e. The average molecular weight is 375 g/mol. The first-order valence-electron chi connectivity index (χ1n) is 8.18. The summed E-state index contributed by atoms with van der Waals surface area (Å²) >= 11 is -1.33. The Morgan fingerprint density at radius 3 is 2.92 bits per heavy atom. The zero-order chi connectivity index (χ0) is 18.7. The van der Waals surface area contributed by atoms with Crippen molar-refractivity contribution in [2.24, 2.45) is 5.11 Å². The van der Waals surface area contributed by atoms with Crippen LogP contribution in [-0.4, -0.2) is 45.5 Å². The van der Waals surface area contributed by atoms with E-state index in [1.54, 1.807) is 18.2 Å². The normalized spacial score (nSPS) is 20.4. The molecule has 3 rings (SSSR count). The summed E-state index contributed by atoms with van der Waals surface area (Å²) in [5.74, 6) is -0.777. The smallest absolute Gasteiger partial charge is 0.255 e. The van der Waals surface area contributed by atoms with Gasteiger partial charge >= 0.3 is 0 Å². The number of hydrogen-bond acceptors (Lipinski definition) is 5. The molecule has 2 aliphatic rings. The maximum absolute atomic E-state index is 12.7. The molecule has 1 fully saturated rings. The van der Waals surface area contributed by atoms with Crippen molar-refractivity contribution in [2.45, 2.75) is 36.7 Å².